The predicted molar refractivity (Wildman–Crippen MR) is 103 cm³/mol. The summed E-state index contributed by atoms with van der Waals surface area (Å²) in [4.78, 5) is 22.7. The number of carbonyl (C=O) groups is 1. The largest absolute Gasteiger partial charge is 0.490 e. The maximum absolute atomic E-state index is 13.1. The second-order valence-electron chi connectivity index (χ2n) is 7.65. The molecule has 2 aliphatic heterocycles. The van der Waals surface area contributed by atoms with Crippen LogP contribution in [-0.4, -0.2) is 48.5 Å². The summed E-state index contributed by atoms with van der Waals surface area (Å²) < 4.78 is 45.3. The van der Waals surface area contributed by atoms with Gasteiger partial charge in [-0.15, -0.1) is 0 Å². The van der Waals surface area contributed by atoms with Crippen LogP contribution >= 0.6 is 0 Å². The van der Waals surface area contributed by atoms with Gasteiger partial charge < -0.3 is 9.64 Å². The number of likely N-dealkylation sites (tertiary alicyclic amines) is 1. The number of ether oxygens (including phenoxy) is 1. The first kappa shape index (κ1) is 20.1. The molecule has 1 saturated heterocycles. The van der Waals surface area contributed by atoms with Crippen LogP contribution in [-0.2, 0) is 11.0 Å². The average Bonchev–Trinajstić information content (AvgIpc) is 3.13. The van der Waals surface area contributed by atoms with Gasteiger partial charge in [-0.3, -0.25) is 9.79 Å². The first-order valence-corrected chi connectivity index (χ1v) is 9.65. The zero-order chi connectivity index (χ0) is 21.3. The highest BCUT2D eigenvalue weighted by Gasteiger charge is 2.44. The van der Waals surface area contributed by atoms with Gasteiger partial charge in [-0.05, 0) is 49.0 Å². The summed E-state index contributed by atoms with van der Waals surface area (Å²) in [6.07, 6.45) is 1.33. The van der Waals surface area contributed by atoms with E-state index in [1.165, 1.54) is 12.3 Å². The lowest BCUT2D eigenvalue weighted by Crippen LogP contribution is -2.36. The van der Waals surface area contributed by atoms with E-state index in [1.54, 1.807) is 23.2 Å². The van der Waals surface area contributed by atoms with Crippen LogP contribution in [0.15, 0.2) is 40.5 Å². The molecule has 6 nitrogen and oxygen atoms in total. The summed E-state index contributed by atoms with van der Waals surface area (Å²) in [5.74, 6) is 0.422. The van der Waals surface area contributed by atoms with Gasteiger partial charge in [0.2, 0.25) is 0 Å². The van der Waals surface area contributed by atoms with Crippen molar-refractivity contribution in [2.75, 3.05) is 19.6 Å². The molecule has 2 heterocycles. The highest BCUT2D eigenvalue weighted by molar-refractivity contribution is 6.60. The van der Waals surface area contributed by atoms with Crippen molar-refractivity contribution in [2.24, 2.45) is 21.8 Å². The van der Waals surface area contributed by atoms with E-state index in [9.17, 15) is 18.0 Å². The average molecular weight is 416 g/mol. The number of fused-ring (bicyclic) bond motifs is 1. The van der Waals surface area contributed by atoms with E-state index >= 15 is 0 Å². The van der Waals surface area contributed by atoms with E-state index < -0.39 is 17.3 Å². The van der Waals surface area contributed by atoms with Gasteiger partial charge in [0.15, 0.2) is 0 Å². The molecule has 9 heteroatoms. The third-order valence-corrected chi connectivity index (χ3v) is 5.68. The van der Waals surface area contributed by atoms with E-state index in [-0.39, 0.29) is 29.6 Å². The van der Waals surface area contributed by atoms with Crippen molar-refractivity contribution in [1.82, 2.24) is 4.90 Å². The molecule has 2 fully saturated rings. The van der Waals surface area contributed by atoms with E-state index in [1.807, 2.05) is 0 Å². The van der Waals surface area contributed by atoms with Crippen LogP contribution < -0.4 is 4.74 Å². The Kier molecular flexibility index (Phi) is 5.33. The molecular formula is C21H19F3N4O2. The van der Waals surface area contributed by atoms with Crippen LogP contribution in [0.2, 0.25) is 0 Å². The van der Waals surface area contributed by atoms with Gasteiger partial charge in [0.1, 0.15) is 11.5 Å². The van der Waals surface area contributed by atoms with Crippen molar-refractivity contribution in [2.45, 2.75) is 25.1 Å². The standard InChI is InChI=1S/C21H19F3N4O2/c22-21(23,24)18-8-16(3-2-13(18)9-25)30-17-6-14-11-28(12-15(14)7-17)20(29)19-10-26-4-1-5-27-19/h1-3,5,8,10,14-15,17H,4,6-7,11-12H2. The summed E-state index contributed by atoms with van der Waals surface area (Å²) >= 11 is 0. The van der Waals surface area contributed by atoms with Gasteiger partial charge in [-0.1, -0.05) is 0 Å². The molecule has 1 saturated carbocycles. The van der Waals surface area contributed by atoms with Crippen LogP contribution in [0, 0.1) is 23.2 Å². The van der Waals surface area contributed by atoms with Crippen LogP contribution in [0.4, 0.5) is 13.2 Å². The summed E-state index contributed by atoms with van der Waals surface area (Å²) in [7, 11) is 0. The molecule has 30 heavy (non-hydrogen) atoms. The zero-order valence-corrected chi connectivity index (χ0v) is 16.0. The first-order valence-electron chi connectivity index (χ1n) is 9.65. The molecule has 0 aromatic heterocycles. The number of carbonyl (C=O) groups excluding carboxylic acids is 1. The SMILES string of the molecule is N#Cc1ccc(OC2CC3CN(C(=O)C4=NC=CCN=C4)CC3C2)cc1C(F)(F)F. The van der Waals surface area contributed by atoms with Gasteiger partial charge in [0.25, 0.3) is 5.91 Å². The number of hydrogen-bond donors (Lipinski definition) is 0. The molecule has 2 unspecified atom stereocenters. The minimum absolute atomic E-state index is 0.107. The Labute approximate surface area is 171 Å². The summed E-state index contributed by atoms with van der Waals surface area (Å²) in [6, 6.07) is 4.99. The topological polar surface area (TPSA) is 78.0 Å². The van der Waals surface area contributed by atoms with Crippen LogP contribution in [0.3, 0.4) is 0 Å². The number of nitriles is 1. The Bertz CT molecular complexity index is 963. The molecule has 2 atom stereocenters. The number of benzene rings is 1. The highest BCUT2D eigenvalue weighted by Crippen LogP contribution is 2.41. The van der Waals surface area contributed by atoms with Gasteiger partial charge in [0, 0.05) is 19.3 Å². The number of hydrogen-bond acceptors (Lipinski definition) is 5. The van der Waals surface area contributed by atoms with E-state index in [2.05, 4.69) is 9.98 Å². The van der Waals surface area contributed by atoms with Gasteiger partial charge >= 0.3 is 6.18 Å². The lowest BCUT2D eigenvalue weighted by atomic mass is 10.0. The number of alkyl halides is 3. The Morgan fingerprint density at radius 1 is 1.23 bits per heavy atom. The maximum Gasteiger partial charge on any atom is 0.417 e. The fourth-order valence-corrected chi connectivity index (χ4v) is 4.31. The molecule has 1 aliphatic carbocycles. The molecule has 0 radical (unpaired) electrons. The maximum atomic E-state index is 13.1. The molecule has 0 bridgehead atoms. The summed E-state index contributed by atoms with van der Waals surface area (Å²) in [5.41, 5.74) is -1.10. The Balaban J connectivity index is 1.38. The Morgan fingerprint density at radius 3 is 2.63 bits per heavy atom. The third-order valence-electron chi connectivity index (χ3n) is 5.68. The number of rotatable bonds is 3. The lowest BCUT2D eigenvalue weighted by Gasteiger charge is -2.20. The number of aliphatic imine (C=N–C) groups is 2. The smallest absolute Gasteiger partial charge is 0.417 e. The molecule has 1 amide bonds. The van der Waals surface area contributed by atoms with E-state index in [0.717, 1.165) is 12.1 Å². The van der Waals surface area contributed by atoms with Crippen molar-refractivity contribution >= 4 is 17.8 Å². The molecule has 4 rings (SSSR count). The molecule has 156 valence electrons. The fraction of sp³-hybridized carbons (Fsp3) is 0.429. The summed E-state index contributed by atoms with van der Waals surface area (Å²) in [5, 5.41) is 8.90. The highest BCUT2D eigenvalue weighted by atomic mass is 19.4. The fourth-order valence-electron chi connectivity index (χ4n) is 4.31. The van der Waals surface area contributed by atoms with Crippen molar-refractivity contribution in [1.29, 1.82) is 5.26 Å². The zero-order valence-electron chi connectivity index (χ0n) is 16.0. The molecule has 0 N–H and O–H groups in total. The van der Waals surface area contributed by atoms with Gasteiger partial charge in [-0.2, -0.15) is 18.4 Å². The van der Waals surface area contributed by atoms with Crippen molar-refractivity contribution in [3.8, 4) is 11.8 Å². The van der Waals surface area contributed by atoms with Crippen molar-refractivity contribution in [3.05, 3.63) is 41.6 Å². The van der Waals surface area contributed by atoms with Gasteiger partial charge in [-0.25, -0.2) is 4.99 Å². The lowest BCUT2D eigenvalue weighted by molar-refractivity contribution is -0.138. The van der Waals surface area contributed by atoms with E-state index in [0.29, 0.717) is 38.2 Å². The molecule has 1 aromatic rings. The minimum Gasteiger partial charge on any atom is -0.490 e. The molecule has 3 aliphatic rings. The number of amides is 1. The number of nitrogens with zero attached hydrogens (tertiary/aromatic N) is 4. The van der Waals surface area contributed by atoms with Crippen LogP contribution in [0.5, 0.6) is 5.75 Å². The van der Waals surface area contributed by atoms with Gasteiger partial charge in [0.05, 0.1) is 36.1 Å². The summed E-state index contributed by atoms with van der Waals surface area (Å²) in [6.45, 7) is 1.64. The normalized spacial score (nSPS) is 25.5. The quantitative estimate of drug-likeness (QED) is 0.759. The van der Waals surface area contributed by atoms with E-state index in [4.69, 9.17) is 10.00 Å². The first-order chi connectivity index (χ1) is 14.3. The second-order valence-corrected chi connectivity index (χ2v) is 7.65. The predicted octanol–water partition coefficient (Wildman–Crippen LogP) is 3.23. The Hall–Kier alpha value is -3.15. The van der Waals surface area contributed by atoms with Crippen LogP contribution in [0.25, 0.3) is 0 Å². The number of halogens is 3. The molecular weight excluding hydrogens is 397 g/mol. The Morgan fingerprint density at radius 2 is 1.97 bits per heavy atom. The van der Waals surface area contributed by atoms with Crippen molar-refractivity contribution < 1.29 is 22.7 Å². The van der Waals surface area contributed by atoms with Crippen LogP contribution in [0.1, 0.15) is 24.0 Å². The molecule has 1 aromatic carbocycles. The van der Waals surface area contributed by atoms with Crippen molar-refractivity contribution in [3.63, 3.8) is 0 Å². The monoisotopic (exact) mass is 416 g/mol. The molecule has 0 spiro atoms. The minimum atomic E-state index is -4.61. The third kappa shape index (κ3) is 4.08. The second kappa shape index (κ2) is 7.94.